The predicted molar refractivity (Wildman–Crippen MR) is 137 cm³/mol. The van der Waals surface area contributed by atoms with E-state index in [-0.39, 0.29) is 24.1 Å². The highest BCUT2D eigenvalue weighted by Gasteiger charge is 2.61. The third-order valence-electron chi connectivity index (χ3n) is 6.65. The van der Waals surface area contributed by atoms with Crippen LogP contribution in [-0.4, -0.2) is 77.5 Å². The van der Waals surface area contributed by atoms with Crippen LogP contribution in [-0.2, 0) is 23.4 Å². The molecule has 4 N–H and O–H groups in total. The Morgan fingerprint density at radius 2 is 2.11 bits per heavy atom. The van der Waals surface area contributed by atoms with E-state index in [0.29, 0.717) is 5.70 Å². The number of para-hydroxylation sites is 1. The van der Waals surface area contributed by atoms with Gasteiger partial charge < -0.3 is 24.8 Å². The molecule has 208 valence electrons. The summed E-state index contributed by atoms with van der Waals surface area (Å²) >= 11 is 0. The fourth-order valence-electron chi connectivity index (χ4n) is 4.89. The maximum atomic E-state index is 15.7. The zero-order chi connectivity index (χ0) is 27.7. The van der Waals surface area contributed by atoms with Crippen molar-refractivity contribution in [2.24, 2.45) is 21.7 Å². The molecule has 1 aromatic rings. The topological polar surface area (TPSA) is 157 Å². The molecular weight excluding hydrogens is 520 g/mol. The minimum atomic E-state index is -4.23. The molecule has 3 unspecified atom stereocenters. The summed E-state index contributed by atoms with van der Waals surface area (Å²) in [5.74, 6) is -0.456. The van der Waals surface area contributed by atoms with Crippen LogP contribution in [0.1, 0.15) is 27.7 Å². The van der Waals surface area contributed by atoms with Crippen LogP contribution in [0.5, 0.6) is 5.75 Å². The number of hydrogen-bond acceptors (Lipinski definition) is 11. The molecule has 3 heterocycles. The molecular formula is C24H33FN5O7P. The molecule has 1 fully saturated rings. The minimum Gasteiger partial charge on any atom is -0.465 e. The number of carbonyl (C=O) groups is 1. The fourth-order valence-corrected chi connectivity index (χ4v) is 6.40. The molecule has 3 aliphatic rings. The van der Waals surface area contributed by atoms with Crippen LogP contribution < -0.4 is 15.3 Å². The molecule has 0 saturated carbocycles. The van der Waals surface area contributed by atoms with Crippen LogP contribution in [0, 0.1) is 5.92 Å². The van der Waals surface area contributed by atoms with Crippen LogP contribution in [0.15, 0.2) is 52.2 Å². The first-order valence-corrected chi connectivity index (χ1v) is 13.8. The summed E-state index contributed by atoms with van der Waals surface area (Å²) in [7, 11) is -4.23. The van der Waals surface area contributed by atoms with Gasteiger partial charge in [-0.2, -0.15) is 10.2 Å². The first kappa shape index (κ1) is 28.2. The number of nitrogens with two attached hydrogens (primary N) is 1. The number of ether oxygens (including phenoxy) is 2. The normalized spacial score (nSPS) is 32.7. The Labute approximate surface area is 220 Å². The van der Waals surface area contributed by atoms with Gasteiger partial charge in [-0.25, -0.2) is 13.9 Å². The highest BCUT2D eigenvalue weighted by Crippen LogP contribution is 2.48. The van der Waals surface area contributed by atoms with Crippen molar-refractivity contribution in [3.8, 4) is 5.75 Å². The summed E-state index contributed by atoms with van der Waals surface area (Å²) in [5.41, 5.74) is 4.98. The molecule has 4 rings (SSSR count). The molecule has 1 saturated heterocycles. The van der Waals surface area contributed by atoms with Crippen LogP contribution in [0.3, 0.4) is 0 Å². The molecule has 1 aromatic carbocycles. The van der Waals surface area contributed by atoms with Crippen LogP contribution in [0.4, 0.5) is 4.39 Å². The van der Waals surface area contributed by atoms with Gasteiger partial charge >= 0.3 is 13.7 Å². The standard InChI is InChI=1S/C24H33FN5O7P/c1-5-34-23(32)15(3)29-38(33,37-16-9-7-6-8-10-16)35-12-18-19(31)20(25)24(4,36-18)21-14(2)11-17-22(26)27-13-28-30(17)21/h6-11,13-15,18-21,31H,5,12H2,1-4H3,(H,29,33)(H2,26,27,28)/t14?,15-,18+,19+,20+,21?,24+,38?/m0/s1. The molecule has 0 aliphatic carbocycles. The molecule has 3 aliphatic heterocycles. The quantitative estimate of drug-likeness (QED) is 0.290. The van der Waals surface area contributed by atoms with Crippen molar-refractivity contribution >= 4 is 25.9 Å². The number of carbonyl (C=O) groups excluding carboxylic acids is 1. The van der Waals surface area contributed by atoms with E-state index in [4.69, 9.17) is 24.3 Å². The molecule has 0 bridgehead atoms. The van der Waals surface area contributed by atoms with Gasteiger partial charge in [0.2, 0.25) is 0 Å². The second-order valence-corrected chi connectivity index (χ2v) is 11.2. The number of nitrogens with one attached hydrogen (secondary N) is 1. The number of hydrogen-bond donors (Lipinski definition) is 3. The van der Waals surface area contributed by atoms with Gasteiger partial charge in [0, 0.05) is 5.92 Å². The van der Waals surface area contributed by atoms with Gasteiger partial charge in [-0.1, -0.05) is 31.2 Å². The largest absolute Gasteiger partial charge is 0.465 e. The summed E-state index contributed by atoms with van der Waals surface area (Å²) < 4.78 is 51.6. The van der Waals surface area contributed by atoms with Crippen LogP contribution in [0.25, 0.3) is 0 Å². The maximum Gasteiger partial charge on any atom is 0.459 e. The smallest absolute Gasteiger partial charge is 0.459 e. The van der Waals surface area contributed by atoms with Crippen molar-refractivity contribution in [2.75, 3.05) is 13.2 Å². The molecule has 12 nitrogen and oxygen atoms in total. The van der Waals surface area contributed by atoms with E-state index in [1.807, 2.05) is 13.0 Å². The Morgan fingerprint density at radius 3 is 2.79 bits per heavy atom. The lowest BCUT2D eigenvalue weighted by Gasteiger charge is -2.40. The summed E-state index contributed by atoms with van der Waals surface area (Å²) in [6.07, 6.45) is -1.57. The Balaban J connectivity index is 1.51. The lowest BCUT2D eigenvalue weighted by atomic mass is 9.84. The number of hydrazone groups is 1. The van der Waals surface area contributed by atoms with Crippen molar-refractivity contribution in [1.82, 2.24) is 10.1 Å². The highest BCUT2D eigenvalue weighted by molar-refractivity contribution is 7.52. The monoisotopic (exact) mass is 553 g/mol. The van der Waals surface area contributed by atoms with Gasteiger partial charge in [0.25, 0.3) is 0 Å². The number of halogens is 1. The summed E-state index contributed by atoms with van der Waals surface area (Å²) in [4.78, 5) is 16.1. The van der Waals surface area contributed by atoms with Gasteiger partial charge in [0.15, 0.2) is 12.0 Å². The van der Waals surface area contributed by atoms with Crippen molar-refractivity contribution in [2.45, 2.75) is 63.8 Å². The number of amidine groups is 1. The van der Waals surface area contributed by atoms with E-state index in [1.54, 1.807) is 42.3 Å². The number of aliphatic hydroxyl groups is 1. The Morgan fingerprint density at radius 1 is 1.39 bits per heavy atom. The van der Waals surface area contributed by atoms with E-state index >= 15 is 4.39 Å². The van der Waals surface area contributed by atoms with E-state index in [0.717, 1.165) is 0 Å². The number of aliphatic hydroxyl groups excluding tert-OH is 1. The van der Waals surface area contributed by atoms with Crippen molar-refractivity contribution in [1.29, 1.82) is 0 Å². The number of benzene rings is 1. The van der Waals surface area contributed by atoms with Crippen LogP contribution >= 0.6 is 7.75 Å². The van der Waals surface area contributed by atoms with Gasteiger partial charge in [-0.15, -0.1) is 0 Å². The molecule has 0 amide bonds. The van der Waals surface area contributed by atoms with Gasteiger partial charge in [-0.3, -0.25) is 14.3 Å². The number of esters is 1. The first-order chi connectivity index (χ1) is 18.0. The molecule has 0 spiro atoms. The van der Waals surface area contributed by atoms with Gasteiger partial charge in [0.05, 0.1) is 25.0 Å². The van der Waals surface area contributed by atoms with E-state index in [1.165, 1.54) is 20.2 Å². The highest BCUT2D eigenvalue weighted by atomic mass is 31.2. The van der Waals surface area contributed by atoms with E-state index in [2.05, 4.69) is 15.2 Å². The Bertz CT molecular complexity index is 1170. The first-order valence-electron chi connectivity index (χ1n) is 12.3. The van der Waals surface area contributed by atoms with Crippen molar-refractivity contribution in [3.63, 3.8) is 0 Å². The van der Waals surface area contributed by atoms with Crippen molar-refractivity contribution in [3.05, 3.63) is 42.1 Å². The maximum absolute atomic E-state index is 15.7. The second kappa shape index (κ2) is 11.1. The molecule has 0 radical (unpaired) electrons. The number of rotatable bonds is 10. The number of alkyl halides is 1. The predicted octanol–water partition coefficient (Wildman–Crippen LogP) is 2.11. The Kier molecular flexibility index (Phi) is 8.24. The van der Waals surface area contributed by atoms with Gasteiger partial charge in [-0.05, 0) is 32.9 Å². The molecule has 38 heavy (non-hydrogen) atoms. The number of fused-ring (bicyclic) bond motifs is 1. The third kappa shape index (κ3) is 5.48. The zero-order valence-corrected chi connectivity index (χ0v) is 22.5. The average molecular weight is 554 g/mol. The lowest BCUT2D eigenvalue weighted by molar-refractivity contribution is -0.144. The fraction of sp³-hybridized carbons (Fsp3) is 0.542. The number of nitrogens with zero attached hydrogens (tertiary/aromatic N) is 3. The molecule has 14 heteroatoms. The Hall–Kier alpha value is -2.83. The third-order valence-corrected chi connectivity index (χ3v) is 8.30. The minimum absolute atomic E-state index is 0.128. The summed E-state index contributed by atoms with van der Waals surface area (Å²) in [5, 5.41) is 19.1. The number of aliphatic imine (C=N–C) groups is 1. The lowest BCUT2D eigenvalue weighted by Crippen LogP contribution is -2.55. The SMILES string of the molecule is CCOC(=O)[C@H](C)NP(=O)(OC[C@H]1O[C@@](C)(C2C(C)C=C3C(N)=NC=NN32)[C@H](F)[C@@H]1O)Oc1ccccc1. The average Bonchev–Trinajstić information content (AvgIpc) is 3.33. The zero-order valence-electron chi connectivity index (χ0n) is 21.6. The van der Waals surface area contributed by atoms with Crippen LogP contribution in [0.2, 0.25) is 0 Å². The summed E-state index contributed by atoms with van der Waals surface area (Å²) in [6, 6.07) is 6.50. The van der Waals surface area contributed by atoms with E-state index < -0.39 is 56.4 Å². The molecule has 0 aromatic heterocycles. The second-order valence-electron chi connectivity index (χ2n) is 9.48. The molecule has 8 atom stereocenters. The summed E-state index contributed by atoms with van der Waals surface area (Å²) in [6.45, 7) is 6.11. The van der Waals surface area contributed by atoms with Crippen molar-refractivity contribution < 1.29 is 37.4 Å². The van der Waals surface area contributed by atoms with Gasteiger partial charge in [0.1, 0.15) is 35.9 Å². The van der Waals surface area contributed by atoms with E-state index in [9.17, 15) is 14.5 Å².